The molecule has 3 rings (SSSR count). The van der Waals surface area contributed by atoms with Crippen LogP contribution in [0.3, 0.4) is 0 Å². The van der Waals surface area contributed by atoms with Crippen LogP contribution in [-0.2, 0) is 11.3 Å². The average molecular weight is 297 g/mol. The maximum absolute atomic E-state index is 12.1. The molecular weight excluding hydrogens is 288 g/mol. The number of nitriles is 1. The van der Waals surface area contributed by atoms with Crippen LogP contribution in [-0.4, -0.2) is 11.7 Å². The van der Waals surface area contributed by atoms with E-state index in [9.17, 15) is 9.59 Å². The van der Waals surface area contributed by atoms with Gasteiger partial charge in [-0.3, -0.25) is 9.59 Å². The van der Waals surface area contributed by atoms with Crippen molar-refractivity contribution in [1.29, 1.82) is 5.26 Å². The number of anilines is 1. The van der Waals surface area contributed by atoms with Crippen LogP contribution in [0.4, 0.5) is 5.69 Å². The van der Waals surface area contributed by atoms with Crippen molar-refractivity contribution in [2.24, 2.45) is 0 Å². The predicted molar refractivity (Wildman–Crippen MR) is 78.1 cm³/mol. The second kappa shape index (κ2) is 5.04. The zero-order chi connectivity index (χ0) is 15.0. The third kappa shape index (κ3) is 2.18. The molecule has 0 N–H and O–H groups in total. The number of carbonyl (C=O) groups is 2. The summed E-state index contributed by atoms with van der Waals surface area (Å²) >= 11 is 5.87. The quantitative estimate of drug-likeness (QED) is 0.801. The Morgan fingerprint density at radius 1 is 1.14 bits per heavy atom. The molecule has 102 valence electrons. The number of carbonyl (C=O) groups excluding carboxylic acids is 2. The second-order valence-corrected chi connectivity index (χ2v) is 5.09. The fourth-order valence-electron chi connectivity index (χ4n) is 2.37. The van der Waals surface area contributed by atoms with E-state index in [4.69, 9.17) is 16.9 Å². The molecule has 0 atom stereocenters. The van der Waals surface area contributed by atoms with E-state index in [0.29, 0.717) is 27.4 Å². The number of rotatable bonds is 2. The van der Waals surface area contributed by atoms with Crippen molar-refractivity contribution in [3.8, 4) is 6.07 Å². The van der Waals surface area contributed by atoms with Crippen molar-refractivity contribution in [2.75, 3.05) is 4.90 Å². The predicted octanol–water partition coefficient (Wildman–Crippen LogP) is 2.94. The summed E-state index contributed by atoms with van der Waals surface area (Å²) in [7, 11) is 0. The molecule has 0 fully saturated rings. The van der Waals surface area contributed by atoms with Gasteiger partial charge in [-0.25, -0.2) is 0 Å². The highest BCUT2D eigenvalue weighted by molar-refractivity contribution is 6.52. The van der Waals surface area contributed by atoms with Gasteiger partial charge in [-0.05, 0) is 29.8 Å². The molecule has 1 amide bonds. The summed E-state index contributed by atoms with van der Waals surface area (Å²) in [6, 6.07) is 13.9. The largest absolute Gasteiger partial charge is 0.300 e. The third-order valence-corrected chi connectivity index (χ3v) is 3.63. The van der Waals surface area contributed by atoms with Crippen LogP contribution >= 0.6 is 11.6 Å². The number of benzene rings is 2. The van der Waals surface area contributed by atoms with Crippen LogP contribution in [0.2, 0.25) is 5.02 Å². The first kappa shape index (κ1) is 13.3. The number of hydrogen-bond acceptors (Lipinski definition) is 3. The molecule has 0 unspecified atom stereocenters. The van der Waals surface area contributed by atoms with Gasteiger partial charge in [-0.15, -0.1) is 0 Å². The van der Waals surface area contributed by atoms with E-state index in [-0.39, 0.29) is 6.54 Å². The van der Waals surface area contributed by atoms with Crippen LogP contribution in [0, 0.1) is 11.3 Å². The normalized spacial score (nSPS) is 13.2. The lowest BCUT2D eigenvalue weighted by Crippen LogP contribution is -2.29. The fraction of sp³-hybridized carbons (Fsp3) is 0.0625. The maximum atomic E-state index is 12.1. The van der Waals surface area contributed by atoms with Gasteiger partial charge in [0, 0.05) is 5.02 Å². The van der Waals surface area contributed by atoms with Gasteiger partial charge in [0.1, 0.15) is 0 Å². The monoisotopic (exact) mass is 296 g/mol. The summed E-state index contributed by atoms with van der Waals surface area (Å²) in [6.45, 7) is 0.183. The number of ketones is 1. The Morgan fingerprint density at radius 2 is 1.90 bits per heavy atom. The molecule has 5 heteroatoms. The van der Waals surface area contributed by atoms with Crippen LogP contribution in [0.1, 0.15) is 21.5 Å². The van der Waals surface area contributed by atoms with Crippen molar-refractivity contribution < 1.29 is 9.59 Å². The van der Waals surface area contributed by atoms with Gasteiger partial charge in [0.2, 0.25) is 0 Å². The number of Topliss-reactive ketones (excluding diaryl/α,β-unsaturated/α-hetero) is 1. The van der Waals surface area contributed by atoms with Crippen LogP contribution in [0.5, 0.6) is 0 Å². The van der Waals surface area contributed by atoms with Crippen molar-refractivity contribution in [2.45, 2.75) is 6.54 Å². The lowest BCUT2D eigenvalue weighted by Gasteiger charge is -2.17. The number of halogens is 1. The zero-order valence-electron chi connectivity index (χ0n) is 10.8. The summed E-state index contributed by atoms with van der Waals surface area (Å²) in [4.78, 5) is 25.5. The Morgan fingerprint density at radius 3 is 2.67 bits per heavy atom. The highest BCUT2D eigenvalue weighted by Crippen LogP contribution is 2.32. The van der Waals surface area contributed by atoms with Gasteiger partial charge in [0.05, 0.1) is 29.4 Å². The number of hydrogen-bond donors (Lipinski definition) is 0. The van der Waals surface area contributed by atoms with Gasteiger partial charge in [0.25, 0.3) is 11.7 Å². The Balaban J connectivity index is 2.03. The van der Waals surface area contributed by atoms with Gasteiger partial charge in [-0.1, -0.05) is 29.8 Å². The molecule has 0 saturated carbocycles. The molecule has 1 aliphatic heterocycles. The molecular formula is C16H9ClN2O2. The molecule has 0 aliphatic carbocycles. The highest BCUT2D eigenvalue weighted by Gasteiger charge is 2.36. The van der Waals surface area contributed by atoms with Gasteiger partial charge >= 0.3 is 0 Å². The van der Waals surface area contributed by atoms with E-state index in [2.05, 4.69) is 6.07 Å². The standard InChI is InChI=1S/C16H9ClN2O2/c17-12-5-6-14-13(7-12)15(20)16(21)19(14)9-11-4-2-1-3-10(11)8-18/h1-7H,9H2. The molecule has 0 radical (unpaired) electrons. The topological polar surface area (TPSA) is 61.2 Å². The first-order valence-corrected chi connectivity index (χ1v) is 6.63. The smallest absolute Gasteiger partial charge is 0.299 e. The molecule has 4 nitrogen and oxygen atoms in total. The molecule has 21 heavy (non-hydrogen) atoms. The number of nitrogens with zero attached hydrogens (tertiary/aromatic N) is 2. The van der Waals surface area contributed by atoms with E-state index in [1.807, 2.05) is 0 Å². The van der Waals surface area contributed by atoms with Gasteiger partial charge in [-0.2, -0.15) is 5.26 Å². The Kier molecular flexibility index (Phi) is 3.20. The molecule has 0 saturated heterocycles. The minimum Gasteiger partial charge on any atom is -0.300 e. The van der Waals surface area contributed by atoms with Crippen LogP contribution in [0.25, 0.3) is 0 Å². The van der Waals surface area contributed by atoms with E-state index in [1.54, 1.807) is 36.4 Å². The molecule has 1 aliphatic rings. The lowest BCUT2D eigenvalue weighted by atomic mass is 10.1. The van der Waals surface area contributed by atoms with Crippen LogP contribution in [0.15, 0.2) is 42.5 Å². The van der Waals surface area contributed by atoms with Crippen molar-refractivity contribution in [3.63, 3.8) is 0 Å². The minimum absolute atomic E-state index is 0.183. The number of amides is 1. The van der Waals surface area contributed by atoms with E-state index in [1.165, 1.54) is 11.0 Å². The first-order valence-electron chi connectivity index (χ1n) is 6.25. The third-order valence-electron chi connectivity index (χ3n) is 3.40. The Hall–Kier alpha value is -2.64. The number of fused-ring (bicyclic) bond motifs is 1. The molecule has 0 bridgehead atoms. The zero-order valence-corrected chi connectivity index (χ0v) is 11.6. The van der Waals surface area contributed by atoms with Gasteiger partial charge < -0.3 is 4.90 Å². The molecule has 2 aromatic rings. The second-order valence-electron chi connectivity index (χ2n) is 4.65. The molecule has 0 spiro atoms. The Labute approximate surface area is 126 Å². The van der Waals surface area contributed by atoms with Gasteiger partial charge in [0.15, 0.2) is 0 Å². The SMILES string of the molecule is N#Cc1ccccc1CN1C(=O)C(=O)c2cc(Cl)ccc21. The van der Waals surface area contributed by atoms with E-state index < -0.39 is 11.7 Å². The Bertz CT molecular complexity index is 808. The maximum Gasteiger partial charge on any atom is 0.299 e. The summed E-state index contributed by atoms with van der Waals surface area (Å²) in [5, 5.41) is 9.52. The first-order chi connectivity index (χ1) is 10.1. The van der Waals surface area contributed by atoms with Crippen molar-refractivity contribution in [1.82, 2.24) is 0 Å². The summed E-state index contributed by atoms with van der Waals surface area (Å²) in [5.41, 5.74) is 2.02. The van der Waals surface area contributed by atoms with Crippen molar-refractivity contribution in [3.05, 3.63) is 64.2 Å². The fourth-order valence-corrected chi connectivity index (χ4v) is 2.54. The summed E-state index contributed by atoms with van der Waals surface area (Å²) < 4.78 is 0. The van der Waals surface area contributed by atoms with E-state index in [0.717, 1.165) is 0 Å². The van der Waals surface area contributed by atoms with Crippen LogP contribution < -0.4 is 4.90 Å². The molecule has 1 heterocycles. The van der Waals surface area contributed by atoms with Crippen molar-refractivity contribution >= 4 is 29.0 Å². The molecule has 0 aromatic heterocycles. The minimum atomic E-state index is -0.597. The highest BCUT2D eigenvalue weighted by atomic mass is 35.5. The molecule has 2 aromatic carbocycles. The summed E-state index contributed by atoms with van der Waals surface area (Å²) in [5.74, 6) is -1.16. The average Bonchev–Trinajstić information content (AvgIpc) is 2.73. The summed E-state index contributed by atoms with van der Waals surface area (Å²) in [6.07, 6.45) is 0. The van der Waals surface area contributed by atoms with E-state index >= 15 is 0 Å². The lowest BCUT2D eigenvalue weighted by molar-refractivity contribution is -0.114.